The van der Waals surface area contributed by atoms with Crippen LogP contribution in [-0.2, 0) is 0 Å². The second kappa shape index (κ2) is 3.93. The summed E-state index contributed by atoms with van der Waals surface area (Å²) in [5.41, 5.74) is -0.662. The maximum Gasteiger partial charge on any atom is 0.266 e. The molecule has 1 aromatic rings. The summed E-state index contributed by atoms with van der Waals surface area (Å²) in [4.78, 5) is 13.9. The molecule has 0 aliphatic heterocycles. The number of nitrogens with zero attached hydrogens (tertiary/aromatic N) is 1. The molecule has 0 aliphatic carbocycles. The second-order valence-corrected chi connectivity index (χ2v) is 2.25. The predicted molar refractivity (Wildman–Crippen MR) is 41.1 cm³/mol. The number of pyridine rings is 1. The lowest BCUT2D eigenvalue weighted by Crippen LogP contribution is -1.98. The summed E-state index contributed by atoms with van der Waals surface area (Å²) in [6.45, 7) is 0. The Morgan fingerprint density at radius 1 is 1.54 bits per heavy atom. The maximum atomic E-state index is 12.2. The Bertz CT molecular complexity index is 315. The van der Waals surface area contributed by atoms with Gasteiger partial charge < -0.3 is 4.74 Å². The highest BCUT2D eigenvalue weighted by atomic mass is 19.3. The Morgan fingerprint density at radius 2 is 2.23 bits per heavy atom. The van der Waals surface area contributed by atoms with Crippen molar-refractivity contribution in [1.82, 2.24) is 4.98 Å². The van der Waals surface area contributed by atoms with Gasteiger partial charge in [0.05, 0.1) is 7.11 Å². The number of hydrogen-bond donors (Lipinski definition) is 0. The van der Waals surface area contributed by atoms with Gasteiger partial charge in [-0.2, -0.15) is 0 Å². The molecule has 0 amide bonds. The van der Waals surface area contributed by atoms with Gasteiger partial charge in [0.1, 0.15) is 5.69 Å². The van der Waals surface area contributed by atoms with Crippen LogP contribution >= 0.6 is 0 Å². The number of aromatic nitrogens is 1. The van der Waals surface area contributed by atoms with Crippen molar-refractivity contribution < 1.29 is 18.3 Å². The van der Waals surface area contributed by atoms with E-state index in [0.717, 1.165) is 6.07 Å². The molecule has 1 heterocycles. The Kier molecular flexibility index (Phi) is 2.89. The molecule has 0 unspecified atom stereocenters. The predicted octanol–water partition coefficient (Wildman–Crippen LogP) is 1.84. The summed E-state index contributed by atoms with van der Waals surface area (Å²) in [6, 6.07) is 2.41. The molecular weight excluding hydrogens is 180 g/mol. The van der Waals surface area contributed by atoms with Crippen molar-refractivity contribution in [1.29, 1.82) is 0 Å². The first-order valence-corrected chi connectivity index (χ1v) is 3.47. The van der Waals surface area contributed by atoms with E-state index in [1.54, 1.807) is 0 Å². The van der Waals surface area contributed by atoms with Gasteiger partial charge in [-0.05, 0) is 6.07 Å². The van der Waals surface area contributed by atoms with Crippen LogP contribution in [0.15, 0.2) is 12.1 Å². The molecule has 5 heteroatoms. The van der Waals surface area contributed by atoms with Crippen molar-refractivity contribution in [3.63, 3.8) is 0 Å². The SMILES string of the molecule is COc1ccc(C(F)F)c(C=O)n1. The van der Waals surface area contributed by atoms with Crippen LogP contribution in [-0.4, -0.2) is 18.4 Å². The number of ether oxygens (including phenoxy) is 1. The lowest BCUT2D eigenvalue weighted by Gasteiger charge is -2.04. The van der Waals surface area contributed by atoms with Gasteiger partial charge in [0, 0.05) is 11.6 Å². The third-order valence-electron chi connectivity index (χ3n) is 1.49. The smallest absolute Gasteiger partial charge is 0.266 e. The highest BCUT2D eigenvalue weighted by molar-refractivity contribution is 5.74. The van der Waals surface area contributed by atoms with Crippen molar-refractivity contribution >= 4 is 6.29 Å². The molecule has 0 atom stereocenters. The topological polar surface area (TPSA) is 39.2 Å². The monoisotopic (exact) mass is 187 g/mol. The van der Waals surface area contributed by atoms with Gasteiger partial charge in [0.25, 0.3) is 6.43 Å². The van der Waals surface area contributed by atoms with Gasteiger partial charge in [-0.3, -0.25) is 4.79 Å². The first kappa shape index (κ1) is 9.57. The van der Waals surface area contributed by atoms with E-state index in [9.17, 15) is 13.6 Å². The summed E-state index contributed by atoms with van der Waals surface area (Å²) in [7, 11) is 1.35. The molecule has 1 aromatic heterocycles. The van der Waals surface area contributed by atoms with E-state index in [1.165, 1.54) is 13.2 Å². The third kappa shape index (κ3) is 1.99. The molecule has 0 aromatic carbocycles. The van der Waals surface area contributed by atoms with E-state index in [1.807, 2.05) is 0 Å². The van der Waals surface area contributed by atoms with E-state index < -0.39 is 6.43 Å². The number of hydrogen-bond acceptors (Lipinski definition) is 3. The van der Waals surface area contributed by atoms with E-state index >= 15 is 0 Å². The lowest BCUT2D eigenvalue weighted by atomic mass is 10.2. The molecular formula is C8H7F2NO2. The zero-order valence-corrected chi connectivity index (χ0v) is 6.83. The van der Waals surface area contributed by atoms with Gasteiger partial charge in [-0.1, -0.05) is 0 Å². The van der Waals surface area contributed by atoms with Crippen LogP contribution in [0.4, 0.5) is 8.78 Å². The number of rotatable bonds is 3. The standard InChI is InChI=1S/C8H7F2NO2/c1-13-7-3-2-5(8(9)10)6(4-12)11-7/h2-4,8H,1H3. The zero-order valence-electron chi connectivity index (χ0n) is 6.83. The largest absolute Gasteiger partial charge is 0.481 e. The fourth-order valence-electron chi connectivity index (χ4n) is 0.860. The summed E-state index contributed by atoms with van der Waals surface area (Å²) in [5.74, 6) is 0.145. The number of carbonyl (C=O) groups excluding carboxylic acids is 1. The summed E-state index contributed by atoms with van der Waals surface area (Å²) < 4.78 is 29.1. The quantitative estimate of drug-likeness (QED) is 0.677. The second-order valence-electron chi connectivity index (χ2n) is 2.25. The van der Waals surface area contributed by atoms with Crippen molar-refractivity contribution in [2.45, 2.75) is 6.43 Å². The third-order valence-corrected chi connectivity index (χ3v) is 1.49. The van der Waals surface area contributed by atoms with Crippen molar-refractivity contribution in [2.75, 3.05) is 7.11 Å². The Morgan fingerprint density at radius 3 is 2.69 bits per heavy atom. The first-order valence-electron chi connectivity index (χ1n) is 3.47. The summed E-state index contributed by atoms with van der Waals surface area (Å²) >= 11 is 0. The Hall–Kier alpha value is -1.52. The minimum absolute atomic E-state index is 0.145. The number of carbonyl (C=O) groups is 1. The summed E-state index contributed by atoms with van der Waals surface area (Å²) in [5, 5.41) is 0. The van der Waals surface area contributed by atoms with Crippen LogP contribution < -0.4 is 4.74 Å². The average Bonchev–Trinajstić information content (AvgIpc) is 2.16. The average molecular weight is 187 g/mol. The molecule has 0 saturated carbocycles. The molecule has 1 rings (SSSR count). The maximum absolute atomic E-state index is 12.2. The minimum Gasteiger partial charge on any atom is -0.481 e. The van der Waals surface area contributed by atoms with Crippen molar-refractivity contribution in [3.8, 4) is 5.88 Å². The van der Waals surface area contributed by atoms with Gasteiger partial charge in [-0.15, -0.1) is 0 Å². The van der Waals surface area contributed by atoms with Crippen LogP contribution in [0.5, 0.6) is 5.88 Å². The molecule has 0 radical (unpaired) electrons. The Balaban J connectivity index is 3.15. The molecule has 0 fully saturated rings. The van der Waals surface area contributed by atoms with Gasteiger partial charge in [-0.25, -0.2) is 13.8 Å². The van der Waals surface area contributed by atoms with Crippen LogP contribution in [0, 0.1) is 0 Å². The highest BCUT2D eigenvalue weighted by Crippen LogP contribution is 2.22. The fourth-order valence-corrected chi connectivity index (χ4v) is 0.860. The van der Waals surface area contributed by atoms with Crippen LogP contribution in [0.1, 0.15) is 22.5 Å². The zero-order chi connectivity index (χ0) is 9.84. The first-order chi connectivity index (χ1) is 6.19. The fraction of sp³-hybridized carbons (Fsp3) is 0.250. The van der Waals surface area contributed by atoms with Crippen LogP contribution in [0.25, 0.3) is 0 Å². The van der Waals surface area contributed by atoms with Crippen LogP contribution in [0.2, 0.25) is 0 Å². The normalized spacial score (nSPS) is 10.2. The molecule has 3 nitrogen and oxygen atoms in total. The minimum atomic E-state index is -2.70. The molecule has 0 spiro atoms. The summed E-state index contributed by atoms with van der Waals surface area (Å²) in [6.07, 6.45) is -2.41. The molecule has 0 saturated heterocycles. The van der Waals surface area contributed by atoms with E-state index in [4.69, 9.17) is 0 Å². The molecule has 0 N–H and O–H groups in total. The van der Waals surface area contributed by atoms with Gasteiger partial charge in [0.2, 0.25) is 5.88 Å². The number of methoxy groups -OCH3 is 1. The molecule has 70 valence electrons. The number of aldehydes is 1. The van der Waals surface area contributed by atoms with Gasteiger partial charge in [0.15, 0.2) is 6.29 Å². The van der Waals surface area contributed by atoms with Gasteiger partial charge >= 0.3 is 0 Å². The highest BCUT2D eigenvalue weighted by Gasteiger charge is 2.14. The van der Waals surface area contributed by atoms with Crippen molar-refractivity contribution in [2.24, 2.45) is 0 Å². The lowest BCUT2D eigenvalue weighted by molar-refractivity contribution is 0.110. The number of halogens is 2. The molecule has 13 heavy (non-hydrogen) atoms. The molecule has 0 bridgehead atoms. The molecule has 0 aliphatic rings. The van der Waals surface area contributed by atoms with E-state index in [0.29, 0.717) is 0 Å². The van der Waals surface area contributed by atoms with E-state index in [2.05, 4.69) is 9.72 Å². The number of alkyl halides is 2. The van der Waals surface area contributed by atoms with Crippen molar-refractivity contribution in [3.05, 3.63) is 23.4 Å². The van der Waals surface area contributed by atoms with Crippen LogP contribution in [0.3, 0.4) is 0 Å². The Labute approximate surface area is 73.4 Å². The van der Waals surface area contributed by atoms with E-state index in [-0.39, 0.29) is 23.4 Å².